The van der Waals surface area contributed by atoms with Crippen molar-refractivity contribution in [3.05, 3.63) is 28.8 Å². The highest BCUT2D eigenvalue weighted by atomic mass is 32.1. The Kier molecular flexibility index (Phi) is 7.66. The van der Waals surface area contributed by atoms with Crippen molar-refractivity contribution in [3.8, 4) is 11.5 Å². The van der Waals surface area contributed by atoms with Crippen LogP contribution in [0.2, 0.25) is 0 Å². The molecule has 0 spiro atoms. The summed E-state index contributed by atoms with van der Waals surface area (Å²) < 4.78 is 11.0. The maximum Gasteiger partial charge on any atom is 0.257 e. The first-order valence-electron chi connectivity index (χ1n) is 8.62. The smallest absolute Gasteiger partial charge is 0.257 e. The molecular formula is C18H25N3O3S. The lowest BCUT2D eigenvalue weighted by Crippen LogP contribution is -2.12. The number of benzene rings is 1. The topological polar surface area (TPSA) is 73.3 Å². The summed E-state index contributed by atoms with van der Waals surface area (Å²) in [5.74, 6) is 0.950. The number of unbranched alkanes of at least 4 members (excludes halogenated alkanes) is 2. The average Bonchev–Trinajstić information content (AvgIpc) is 3.07. The molecule has 0 unspecified atom stereocenters. The van der Waals surface area contributed by atoms with Gasteiger partial charge in [0, 0.05) is 12.0 Å². The van der Waals surface area contributed by atoms with Crippen molar-refractivity contribution in [3.63, 3.8) is 0 Å². The van der Waals surface area contributed by atoms with Crippen LogP contribution in [0, 0.1) is 0 Å². The first-order chi connectivity index (χ1) is 12.2. The summed E-state index contributed by atoms with van der Waals surface area (Å²) in [6.07, 6.45) is 5.10. The number of nitrogens with one attached hydrogen (secondary N) is 1. The van der Waals surface area contributed by atoms with E-state index in [2.05, 4.69) is 29.4 Å². The molecule has 1 aromatic carbocycles. The van der Waals surface area contributed by atoms with Gasteiger partial charge in [0.1, 0.15) is 5.01 Å². The minimum atomic E-state index is -0.239. The van der Waals surface area contributed by atoms with Gasteiger partial charge in [-0.3, -0.25) is 10.1 Å². The van der Waals surface area contributed by atoms with Crippen LogP contribution < -0.4 is 14.8 Å². The minimum Gasteiger partial charge on any atom is -0.493 e. The number of nitrogens with zero attached hydrogens (tertiary/aromatic N) is 2. The third kappa shape index (κ3) is 5.70. The zero-order valence-corrected chi connectivity index (χ0v) is 15.8. The van der Waals surface area contributed by atoms with E-state index in [0.29, 0.717) is 28.8 Å². The van der Waals surface area contributed by atoms with Gasteiger partial charge in [0.05, 0.1) is 13.7 Å². The van der Waals surface area contributed by atoms with E-state index in [-0.39, 0.29) is 5.91 Å². The van der Waals surface area contributed by atoms with Gasteiger partial charge in [0.25, 0.3) is 5.91 Å². The zero-order valence-electron chi connectivity index (χ0n) is 15.0. The second-order valence-electron chi connectivity index (χ2n) is 5.63. The molecule has 0 saturated carbocycles. The molecule has 0 bridgehead atoms. The zero-order chi connectivity index (χ0) is 18.1. The first kappa shape index (κ1) is 19.2. The van der Waals surface area contributed by atoms with Gasteiger partial charge in [0.15, 0.2) is 11.5 Å². The lowest BCUT2D eigenvalue weighted by molar-refractivity contribution is 0.102. The Morgan fingerprint density at radius 1 is 1.16 bits per heavy atom. The molecule has 7 heteroatoms. The predicted octanol–water partition coefficient (Wildman–Crippen LogP) is 4.32. The Hall–Kier alpha value is -2.15. The second kappa shape index (κ2) is 9.98. The number of anilines is 1. The Balaban J connectivity index is 2.02. The molecular weight excluding hydrogens is 338 g/mol. The van der Waals surface area contributed by atoms with Crippen LogP contribution in [0.3, 0.4) is 0 Å². The molecule has 2 aromatic rings. The highest BCUT2D eigenvalue weighted by molar-refractivity contribution is 7.15. The van der Waals surface area contributed by atoms with E-state index in [1.807, 2.05) is 0 Å². The number of hydrogen-bond acceptors (Lipinski definition) is 6. The van der Waals surface area contributed by atoms with Crippen LogP contribution in [0.1, 0.15) is 54.9 Å². The minimum absolute atomic E-state index is 0.239. The molecule has 1 heterocycles. The maximum atomic E-state index is 12.4. The summed E-state index contributed by atoms with van der Waals surface area (Å²) >= 11 is 1.41. The van der Waals surface area contributed by atoms with Crippen molar-refractivity contribution >= 4 is 22.4 Å². The summed E-state index contributed by atoms with van der Waals surface area (Å²) in [6.45, 7) is 4.87. The Morgan fingerprint density at radius 2 is 1.96 bits per heavy atom. The fraction of sp³-hybridized carbons (Fsp3) is 0.500. The van der Waals surface area contributed by atoms with E-state index < -0.39 is 0 Å². The maximum absolute atomic E-state index is 12.4. The molecule has 25 heavy (non-hydrogen) atoms. The number of aromatic nitrogens is 2. The number of aryl methyl sites for hydroxylation is 1. The highest BCUT2D eigenvalue weighted by Crippen LogP contribution is 2.29. The molecule has 136 valence electrons. The van der Waals surface area contributed by atoms with Crippen molar-refractivity contribution in [2.75, 3.05) is 19.0 Å². The van der Waals surface area contributed by atoms with Crippen LogP contribution in [-0.4, -0.2) is 29.8 Å². The van der Waals surface area contributed by atoms with Crippen molar-refractivity contribution < 1.29 is 14.3 Å². The molecule has 1 N–H and O–H groups in total. The summed E-state index contributed by atoms with van der Waals surface area (Å²) in [7, 11) is 1.56. The molecule has 1 aromatic heterocycles. The van der Waals surface area contributed by atoms with Crippen LogP contribution in [-0.2, 0) is 6.42 Å². The predicted molar refractivity (Wildman–Crippen MR) is 99.9 cm³/mol. The van der Waals surface area contributed by atoms with Crippen LogP contribution >= 0.6 is 11.3 Å². The molecule has 0 saturated heterocycles. The third-order valence-electron chi connectivity index (χ3n) is 3.61. The average molecular weight is 363 g/mol. The van der Waals surface area contributed by atoms with E-state index in [1.54, 1.807) is 25.3 Å². The monoisotopic (exact) mass is 363 g/mol. The van der Waals surface area contributed by atoms with Gasteiger partial charge >= 0.3 is 0 Å². The molecule has 0 atom stereocenters. The number of hydrogen-bond donors (Lipinski definition) is 1. The number of ether oxygens (including phenoxy) is 2. The third-order valence-corrected chi connectivity index (χ3v) is 4.51. The Morgan fingerprint density at radius 3 is 2.68 bits per heavy atom. The molecule has 2 rings (SSSR count). The summed E-state index contributed by atoms with van der Waals surface area (Å²) in [5.41, 5.74) is 0.491. The number of amides is 1. The molecule has 0 fully saturated rings. The molecule has 0 aliphatic rings. The van der Waals surface area contributed by atoms with E-state index in [1.165, 1.54) is 11.3 Å². The van der Waals surface area contributed by atoms with Crippen LogP contribution in [0.5, 0.6) is 11.5 Å². The molecule has 0 radical (unpaired) electrons. The number of rotatable bonds is 10. The number of methoxy groups -OCH3 is 1. The quantitative estimate of drug-likeness (QED) is 0.636. The van der Waals surface area contributed by atoms with Crippen molar-refractivity contribution in [1.29, 1.82) is 0 Å². The van der Waals surface area contributed by atoms with E-state index in [4.69, 9.17) is 9.47 Å². The Bertz CT molecular complexity index is 688. The number of carbonyl (C=O) groups excluding carboxylic acids is 1. The van der Waals surface area contributed by atoms with E-state index in [9.17, 15) is 4.79 Å². The highest BCUT2D eigenvalue weighted by Gasteiger charge is 2.13. The molecule has 0 aliphatic heterocycles. The summed E-state index contributed by atoms with van der Waals surface area (Å²) in [5, 5.41) is 12.4. The molecule has 1 amide bonds. The van der Waals surface area contributed by atoms with Crippen molar-refractivity contribution in [2.45, 2.75) is 46.0 Å². The second-order valence-corrected chi connectivity index (χ2v) is 6.69. The molecule has 6 nitrogen and oxygen atoms in total. The van der Waals surface area contributed by atoms with Gasteiger partial charge in [-0.05, 0) is 31.0 Å². The summed E-state index contributed by atoms with van der Waals surface area (Å²) in [4.78, 5) is 12.4. The standard InChI is InChI=1S/C18H25N3O3S/c1-4-6-8-16-20-21-18(25-16)19-17(22)13-9-10-14(15(12-13)23-3)24-11-7-5-2/h9-10,12H,4-8,11H2,1-3H3,(H,19,21,22). The summed E-state index contributed by atoms with van der Waals surface area (Å²) in [6, 6.07) is 5.16. The Labute approximate surface area is 152 Å². The molecule has 0 aliphatic carbocycles. The van der Waals surface area contributed by atoms with Crippen LogP contribution in [0.4, 0.5) is 5.13 Å². The largest absolute Gasteiger partial charge is 0.493 e. The van der Waals surface area contributed by atoms with Gasteiger partial charge < -0.3 is 9.47 Å². The van der Waals surface area contributed by atoms with Crippen molar-refractivity contribution in [1.82, 2.24) is 10.2 Å². The first-order valence-corrected chi connectivity index (χ1v) is 9.44. The fourth-order valence-electron chi connectivity index (χ4n) is 2.16. The normalized spacial score (nSPS) is 10.5. The van der Waals surface area contributed by atoms with Crippen LogP contribution in [0.25, 0.3) is 0 Å². The van der Waals surface area contributed by atoms with Gasteiger partial charge in [-0.2, -0.15) is 0 Å². The van der Waals surface area contributed by atoms with E-state index in [0.717, 1.165) is 37.1 Å². The fourth-order valence-corrected chi connectivity index (χ4v) is 2.93. The van der Waals surface area contributed by atoms with Gasteiger partial charge in [0.2, 0.25) is 5.13 Å². The SMILES string of the molecule is CCCCOc1ccc(C(=O)Nc2nnc(CCCC)s2)cc1OC. The van der Waals surface area contributed by atoms with Crippen LogP contribution in [0.15, 0.2) is 18.2 Å². The van der Waals surface area contributed by atoms with Gasteiger partial charge in [-0.15, -0.1) is 10.2 Å². The van der Waals surface area contributed by atoms with Crippen molar-refractivity contribution in [2.24, 2.45) is 0 Å². The van der Waals surface area contributed by atoms with E-state index >= 15 is 0 Å². The van der Waals surface area contributed by atoms with Gasteiger partial charge in [-0.1, -0.05) is 38.0 Å². The van der Waals surface area contributed by atoms with Gasteiger partial charge in [-0.25, -0.2) is 0 Å². The lowest BCUT2D eigenvalue weighted by Gasteiger charge is -2.11. The lowest BCUT2D eigenvalue weighted by atomic mass is 10.2. The number of carbonyl (C=O) groups is 1.